The van der Waals surface area contributed by atoms with Crippen LogP contribution in [-0.2, 0) is 4.74 Å². The van der Waals surface area contributed by atoms with Crippen molar-refractivity contribution in [2.75, 3.05) is 6.61 Å². The molecule has 15 heavy (non-hydrogen) atoms. The lowest BCUT2D eigenvalue weighted by molar-refractivity contribution is 0.0683. The minimum atomic E-state index is -0.106. The summed E-state index contributed by atoms with van der Waals surface area (Å²) in [5.41, 5.74) is 8.07. The molecular formula is C12H18ClNO. The highest BCUT2D eigenvalue weighted by atomic mass is 35.5. The third-order valence-corrected chi connectivity index (χ3v) is 2.64. The molecule has 84 valence electrons. The molecule has 0 aromatic heterocycles. The molecule has 2 N–H and O–H groups in total. The molecule has 0 aliphatic heterocycles. The molecule has 2 nitrogen and oxygen atoms in total. The van der Waals surface area contributed by atoms with E-state index < -0.39 is 0 Å². The maximum atomic E-state index is 6.02. The number of hydrogen-bond acceptors (Lipinski definition) is 2. The van der Waals surface area contributed by atoms with E-state index in [0.717, 1.165) is 16.1 Å². The summed E-state index contributed by atoms with van der Waals surface area (Å²) in [6, 6.07) is 5.78. The van der Waals surface area contributed by atoms with Crippen LogP contribution < -0.4 is 5.73 Å². The minimum absolute atomic E-state index is 0.106. The van der Waals surface area contributed by atoms with Crippen molar-refractivity contribution >= 4 is 11.6 Å². The minimum Gasteiger partial charge on any atom is -0.377 e. The zero-order chi connectivity index (χ0) is 11.4. The standard InChI is InChI=1S/C12H18ClNO/c1-8(2)15-7-12(14)10-5-4-9(3)11(13)6-10/h4-6,8,12H,7,14H2,1-3H3. The van der Waals surface area contributed by atoms with Gasteiger partial charge < -0.3 is 10.5 Å². The van der Waals surface area contributed by atoms with Crippen molar-refractivity contribution in [1.82, 2.24) is 0 Å². The number of aryl methyl sites for hydroxylation is 1. The number of halogens is 1. The van der Waals surface area contributed by atoms with Crippen LogP contribution in [0.25, 0.3) is 0 Å². The first kappa shape index (κ1) is 12.5. The van der Waals surface area contributed by atoms with E-state index in [1.54, 1.807) is 0 Å². The quantitative estimate of drug-likeness (QED) is 0.858. The highest BCUT2D eigenvalue weighted by Crippen LogP contribution is 2.20. The molecule has 0 spiro atoms. The number of ether oxygens (including phenoxy) is 1. The van der Waals surface area contributed by atoms with Gasteiger partial charge in [0.05, 0.1) is 18.8 Å². The summed E-state index contributed by atoms with van der Waals surface area (Å²) in [6.45, 7) is 6.49. The van der Waals surface area contributed by atoms with Crippen LogP contribution in [0.1, 0.15) is 31.0 Å². The molecule has 1 atom stereocenters. The maximum absolute atomic E-state index is 6.02. The van der Waals surface area contributed by atoms with E-state index in [9.17, 15) is 0 Å². The SMILES string of the molecule is Cc1ccc(C(N)COC(C)C)cc1Cl. The molecule has 0 aliphatic carbocycles. The van der Waals surface area contributed by atoms with Gasteiger partial charge in [0.15, 0.2) is 0 Å². The van der Waals surface area contributed by atoms with Crippen LogP contribution in [0.5, 0.6) is 0 Å². The van der Waals surface area contributed by atoms with Gasteiger partial charge in [0, 0.05) is 5.02 Å². The maximum Gasteiger partial charge on any atom is 0.0662 e. The molecule has 1 rings (SSSR count). The van der Waals surface area contributed by atoms with Gasteiger partial charge in [0.25, 0.3) is 0 Å². The van der Waals surface area contributed by atoms with Gasteiger partial charge in [-0.3, -0.25) is 0 Å². The van der Waals surface area contributed by atoms with Gasteiger partial charge in [-0.25, -0.2) is 0 Å². The molecule has 0 saturated carbocycles. The van der Waals surface area contributed by atoms with E-state index in [0.29, 0.717) is 6.61 Å². The number of benzene rings is 1. The Balaban J connectivity index is 2.65. The normalized spacial score (nSPS) is 13.2. The summed E-state index contributed by atoms with van der Waals surface area (Å²) in [4.78, 5) is 0. The first-order valence-electron chi connectivity index (χ1n) is 5.14. The van der Waals surface area contributed by atoms with Crippen LogP contribution in [0.3, 0.4) is 0 Å². The van der Waals surface area contributed by atoms with Crippen LogP contribution in [0.4, 0.5) is 0 Å². The molecule has 0 bridgehead atoms. The summed E-state index contributed by atoms with van der Waals surface area (Å²) in [7, 11) is 0. The lowest BCUT2D eigenvalue weighted by Crippen LogP contribution is -2.19. The van der Waals surface area contributed by atoms with E-state index in [-0.39, 0.29) is 12.1 Å². The van der Waals surface area contributed by atoms with Crippen LogP contribution in [-0.4, -0.2) is 12.7 Å². The second-order valence-electron chi connectivity index (χ2n) is 4.00. The van der Waals surface area contributed by atoms with Crippen LogP contribution in [0, 0.1) is 6.92 Å². The zero-order valence-corrected chi connectivity index (χ0v) is 10.2. The fraction of sp³-hybridized carbons (Fsp3) is 0.500. The number of hydrogen-bond donors (Lipinski definition) is 1. The first-order valence-corrected chi connectivity index (χ1v) is 5.51. The molecule has 0 saturated heterocycles. The Morgan fingerprint density at radius 3 is 2.60 bits per heavy atom. The van der Waals surface area contributed by atoms with Crippen molar-refractivity contribution < 1.29 is 4.74 Å². The smallest absolute Gasteiger partial charge is 0.0662 e. The molecule has 0 fully saturated rings. The van der Waals surface area contributed by atoms with Crippen molar-refractivity contribution in [2.24, 2.45) is 5.73 Å². The fourth-order valence-electron chi connectivity index (χ4n) is 1.23. The van der Waals surface area contributed by atoms with E-state index in [1.165, 1.54) is 0 Å². The molecule has 1 aromatic carbocycles. The van der Waals surface area contributed by atoms with Gasteiger partial charge in [0.2, 0.25) is 0 Å². The summed E-state index contributed by atoms with van der Waals surface area (Å²) in [6.07, 6.45) is 0.206. The van der Waals surface area contributed by atoms with Crippen molar-refractivity contribution in [2.45, 2.75) is 32.9 Å². The Kier molecular flexibility index (Phi) is 4.58. The van der Waals surface area contributed by atoms with Crippen molar-refractivity contribution in [3.05, 3.63) is 34.3 Å². The molecule has 3 heteroatoms. The lowest BCUT2D eigenvalue weighted by atomic mass is 10.1. The van der Waals surface area contributed by atoms with Crippen LogP contribution >= 0.6 is 11.6 Å². The van der Waals surface area contributed by atoms with E-state index >= 15 is 0 Å². The largest absolute Gasteiger partial charge is 0.377 e. The Hall–Kier alpha value is -0.570. The number of nitrogens with two attached hydrogens (primary N) is 1. The molecule has 0 amide bonds. The fourth-order valence-corrected chi connectivity index (χ4v) is 1.42. The van der Waals surface area contributed by atoms with Crippen molar-refractivity contribution in [3.8, 4) is 0 Å². The van der Waals surface area contributed by atoms with E-state index in [4.69, 9.17) is 22.1 Å². The van der Waals surface area contributed by atoms with E-state index in [1.807, 2.05) is 39.0 Å². The van der Waals surface area contributed by atoms with Gasteiger partial charge in [-0.15, -0.1) is 0 Å². The predicted octanol–water partition coefficient (Wildman–Crippen LogP) is 3.07. The second-order valence-corrected chi connectivity index (χ2v) is 4.40. The Morgan fingerprint density at radius 2 is 2.07 bits per heavy atom. The summed E-state index contributed by atoms with van der Waals surface area (Å²) < 4.78 is 5.46. The van der Waals surface area contributed by atoms with Gasteiger partial charge in [0.1, 0.15) is 0 Å². The predicted molar refractivity (Wildman–Crippen MR) is 64.2 cm³/mol. The molecule has 0 radical (unpaired) electrons. The third-order valence-electron chi connectivity index (χ3n) is 2.23. The van der Waals surface area contributed by atoms with Gasteiger partial charge >= 0.3 is 0 Å². The van der Waals surface area contributed by atoms with Gasteiger partial charge in [-0.2, -0.15) is 0 Å². The van der Waals surface area contributed by atoms with Crippen molar-refractivity contribution in [1.29, 1.82) is 0 Å². The molecule has 1 aromatic rings. The summed E-state index contributed by atoms with van der Waals surface area (Å²) >= 11 is 6.02. The number of rotatable bonds is 4. The lowest BCUT2D eigenvalue weighted by Gasteiger charge is -2.15. The second kappa shape index (κ2) is 5.50. The Labute approximate surface area is 96.4 Å². The molecular weight excluding hydrogens is 210 g/mol. The van der Waals surface area contributed by atoms with Crippen LogP contribution in [0.2, 0.25) is 5.02 Å². The average Bonchev–Trinajstić information content (AvgIpc) is 2.18. The Morgan fingerprint density at radius 1 is 1.40 bits per heavy atom. The Bertz CT molecular complexity index is 325. The topological polar surface area (TPSA) is 35.2 Å². The van der Waals surface area contributed by atoms with E-state index in [2.05, 4.69) is 0 Å². The third kappa shape index (κ3) is 3.82. The van der Waals surface area contributed by atoms with Crippen molar-refractivity contribution in [3.63, 3.8) is 0 Å². The molecule has 1 unspecified atom stereocenters. The van der Waals surface area contributed by atoms with Gasteiger partial charge in [-0.1, -0.05) is 23.7 Å². The highest BCUT2D eigenvalue weighted by molar-refractivity contribution is 6.31. The van der Waals surface area contributed by atoms with Crippen LogP contribution in [0.15, 0.2) is 18.2 Å². The average molecular weight is 228 g/mol. The highest BCUT2D eigenvalue weighted by Gasteiger charge is 2.08. The molecule has 0 aliphatic rings. The monoisotopic (exact) mass is 227 g/mol. The zero-order valence-electron chi connectivity index (χ0n) is 9.46. The van der Waals surface area contributed by atoms with Gasteiger partial charge in [-0.05, 0) is 38.0 Å². The molecule has 0 heterocycles. The summed E-state index contributed by atoms with van der Waals surface area (Å²) in [5, 5.41) is 0.757. The first-order chi connectivity index (χ1) is 7.00. The summed E-state index contributed by atoms with van der Waals surface area (Å²) in [5.74, 6) is 0.